The number of likely N-dealkylation sites (tertiary alicyclic amines) is 1. The first kappa shape index (κ1) is 9.46. The molecule has 1 saturated heterocycles. The number of piperidine rings is 1. The minimum Gasteiger partial charge on any atom is -0.437 e. The van der Waals surface area contributed by atoms with E-state index >= 15 is 0 Å². The molecule has 1 saturated carbocycles. The van der Waals surface area contributed by atoms with Gasteiger partial charge in [0.15, 0.2) is 0 Å². The van der Waals surface area contributed by atoms with E-state index < -0.39 is 7.05 Å². The summed E-state index contributed by atoms with van der Waals surface area (Å²) >= 11 is 0. The third-order valence-electron chi connectivity index (χ3n) is 3.29. The van der Waals surface area contributed by atoms with Gasteiger partial charge in [0.2, 0.25) is 0 Å². The van der Waals surface area contributed by atoms with Crippen LogP contribution < -0.4 is 10.8 Å². The standard InChI is InChI=1S/C8H18BN3O/c1-9(13)11-10-8-4-7-3-6(8)5-12(7)2/h6-8,10-11,13H,3-5H2,1-2H3. The monoisotopic (exact) mass is 183 g/mol. The minimum absolute atomic E-state index is 0.461. The largest absolute Gasteiger partial charge is 0.437 e. The topological polar surface area (TPSA) is 47.5 Å². The molecule has 0 spiro atoms. The molecule has 1 aliphatic carbocycles. The summed E-state index contributed by atoms with van der Waals surface area (Å²) in [5, 5.41) is 11.9. The van der Waals surface area contributed by atoms with E-state index in [2.05, 4.69) is 22.7 Å². The Bertz CT molecular complexity index is 188. The maximum Gasteiger partial charge on any atom is 0.387 e. The van der Waals surface area contributed by atoms with Crippen LogP contribution in [0.25, 0.3) is 0 Å². The van der Waals surface area contributed by atoms with Crippen LogP contribution in [0.15, 0.2) is 0 Å². The zero-order chi connectivity index (χ0) is 9.42. The lowest BCUT2D eigenvalue weighted by Crippen LogP contribution is -2.52. The van der Waals surface area contributed by atoms with Gasteiger partial charge < -0.3 is 9.92 Å². The number of fused-ring (bicyclic) bond motifs is 2. The number of hydrogen-bond acceptors (Lipinski definition) is 4. The van der Waals surface area contributed by atoms with E-state index in [4.69, 9.17) is 5.02 Å². The predicted molar refractivity (Wildman–Crippen MR) is 53.0 cm³/mol. The van der Waals surface area contributed by atoms with Gasteiger partial charge in [-0.05, 0) is 32.6 Å². The van der Waals surface area contributed by atoms with Crippen molar-refractivity contribution in [3.05, 3.63) is 0 Å². The molecule has 5 heteroatoms. The average molecular weight is 183 g/mol. The maximum atomic E-state index is 9.05. The SMILES string of the molecule is CB(O)NNC1CC2CC1CN2C. The predicted octanol–water partition coefficient (Wildman–Crippen LogP) is -0.716. The quantitative estimate of drug-likeness (QED) is 0.399. The summed E-state index contributed by atoms with van der Waals surface area (Å²) in [5.41, 5.74) is 3.21. The van der Waals surface area contributed by atoms with Gasteiger partial charge in [-0.15, -0.1) is 0 Å². The second-order valence-corrected chi connectivity index (χ2v) is 4.40. The molecule has 2 fully saturated rings. The Labute approximate surface area is 79.8 Å². The summed E-state index contributed by atoms with van der Waals surface area (Å²) in [4.78, 5) is 2.44. The number of hydrazine groups is 1. The highest BCUT2D eigenvalue weighted by Crippen LogP contribution is 2.36. The minimum atomic E-state index is -0.461. The molecule has 0 amide bonds. The number of hydrogen-bond donors (Lipinski definition) is 3. The van der Waals surface area contributed by atoms with E-state index in [9.17, 15) is 0 Å². The van der Waals surface area contributed by atoms with Gasteiger partial charge in [0.25, 0.3) is 0 Å². The van der Waals surface area contributed by atoms with Crippen molar-refractivity contribution in [2.75, 3.05) is 13.6 Å². The molecule has 0 aromatic rings. The summed E-state index contributed by atoms with van der Waals surface area (Å²) in [6, 6.07) is 1.31. The Hall–Kier alpha value is -0.0951. The van der Waals surface area contributed by atoms with Gasteiger partial charge in [-0.2, -0.15) is 0 Å². The Morgan fingerprint density at radius 3 is 2.69 bits per heavy atom. The molecule has 1 aliphatic heterocycles. The van der Waals surface area contributed by atoms with Crippen molar-refractivity contribution < 1.29 is 5.02 Å². The van der Waals surface area contributed by atoms with Gasteiger partial charge in [0.1, 0.15) is 0 Å². The molecule has 0 aromatic carbocycles. The van der Waals surface area contributed by atoms with Crippen LogP contribution in [0.2, 0.25) is 6.82 Å². The van der Waals surface area contributed by atoms with Gasteiger partial charge in [-0.25, -0.2) is 0 Å². The Balaban J connectivity index is 1.79. The molecule has 3 unspecified atom stereocenters. The summed E-state index contributed by atoms with van der Waals surface area (Å²) in [5.74, 6) is 0.765. The van der Waals surface area contributed by atoms with Crippen LogP contribution in [0.3, 0.4) is 0 Å². The molecule has 13 heavy (non-hydrogen) atoms. The lowest BCUT2D eigenvalue weighted by molar-refractivity contribution is 0.219. The van der Waals surface area contributed by atoms with Gasteiger partial charge in [-0.3, -0.25) is 10.8 Å². The maximum absolute atomic E-state index is 9.05. The normalized spacial score (nSPS) is 38.5. The van der Waals surface area contributed by atoms with E-state index in [-0.39, 0.29) is 0 Å². The Morgan fingerprint density at radius 2 is 2.23 bits per heavy atom. The molecule has 74 valence electrons. The van der Waals surface area contributed by atoms with Crippen molar-refractivity contribution in [3.8, 4) is 0 Å². The van der Waals surface area contributed by atoms with Crippen molar-refractivity contribution in [3.63, 3.8) is 0 Å². The molecule has 1 heterocycles. The fourth-order valence-corrected chi connectivity index (χ4v) is 2.58. The first-order valence-electron chi connectivity index (χ1n) is 5.06. The first-order valence-corrected chi connectivity index (χ1v) is 5.06. The molecule has 2 bridgehead atoms. The molecule has 4 nitrogen and oxygen atoms in total. The van der Waals surface area contributed by atoms with Crippen molar-refractivity contribution in [2.45, 2.75) is 31.7 Å². The molecule has 2 aliphatic rings. The lowest BCUT2D eigenvalue weighted by atomic mass is 9.90. The highest BCUT2D eigenvalue weighted by Gasteiger charge is 2.42. The zero-order valence-electron chi connectivity index (χ0n) is 8.33. The van der Waals surface area contributed by atoms with Crippen molar-refractivity contribution in [1.82, 2.24) is 15.7 Å². The van der Waals surface area contributed by atoms with Crippen molar-refractivity contribution in [2.24, 2.45) is 5.92 Å². The van der Waals surface area contributed by atoms with Gasteiger partial charge in [-0.1, -0.05) is 0 Å². The summed E-state index contributed by atoms with van der Waals surface area (Å²) < 4.78 is 0. The van der Waals surface area contributed by atoms with E-state index in [1.807, 2.05) is 0 Å². The fourth-order valence-electron chi connectivity index (χ4n) is 2.58. The van der Waals surface area contributed by atoms with E-state index in [0.717, 1.165) is 12.0 Å². The summed E-state index contributed by atoms with van der Waals surface area (Å²) in [6.45, 7) is 2.93. The van der Waals surface area contributed by atoms with Crippen LogP contribution in [0.1, 0.15) is 12.8 Å². The lowest BCUT2D eigenvalue weighted by Gasteiger charge is -2.29. The van der Waals surface area contributed by atoms with Gasteiger partial charge in [0, 0.05) is 18.6 Å². The van der Waals surface area contributed by atoms with Crippen LogP contribution in [0.5, 0.6) is 0 Å². The molecule has 0 aromatic heterocycles. The molecule has 3 atom stereocenters. The van der Waals surface area contributed by atoms with E-state index in [1.165, 1.54) is 19.4 Å². The smallest absolute Gasteiger partial charge is 0.387 e. The van der Waals surface area contributed by atoms with Crippen LogP contribution in [-0.2, 0) is 0 Å². The molecule has 2 rings (SSSR count). The van der Waals surface area contributed by atoms with Crippen LogP contribution in [0, 0.1) is 5.92 Å². The summed E-state index contributed by atoms with van der Waals surface area (Å²) in [7, 11) is 1.74. The molecule has 3 N–H and O–H groups in total. The second kappa shape index (κ2) is 3.57. The zero-order valence-corrected chi connectivity index (χ0v) is 8.33. The van der Waals surface area contributed by atoms with E-state index in [0.29, 0.717) is 6.04 Å². The Kier molecular flexibility index (Phi) is 2.60. The van der Waals surface area contributed by atoms with E-state index in [1.54, 1.807) is 6.82 Å². The summed E-state index contributed by atoms with van der Waals surface area (Å²) in [6.07, 6.45) is 2.52. The Morgan fingerprint density at radius 1 is 1.46 bits per heavy atom. The van der Waals surface area contributed by atoms with Crippen LogP contribution in [0.4, 0.5) is 0 Å². The van der Waals surface area contributed by atoms with Crippen molar-refractivity contribution >= 4 is 7.05 Å². The second-order valence-electron chi connectivity index (χ2n) is 4.40. The van der Waals surface area contributed by atoms with Gasteiger partial charge >= 0.3 is 7.05 Å². The van der Waals surface area contributed by atoms with Crippen molar-refractivity contribution in [1.29, 1.82) is 0 Å². The fraction of sp³-hybridized carbons (Fsp3) is 1.00. The highest BCUT2D eigenvalue weighted by molar-refractivity contribution is 6.45. The molecular formula is C8H18BN3O. The average Bonchev–Trinajstić information content (AvgIpc) is 2.58. The van der Waals surface area contributed by atoms with Gasteiger partial charge in [0.05, 0.1) is 0 Å². The van der Waals surface area contributed by atoms with Crippen LogP contribution >= 0.6 is 0 Å². The third-order valence-corrected chi connectivity index (χ3v) is 3.29. The number of nitrogens with one attached hydrogen (secondary N) is 2. The number of rotatable bonds is 3. The highest BCUT2D eigenvalue weighted by atomic mass is 16.2. The molecule has 0 radical (unpaired) electrons. The first-order chi connectivity index (χ1) is 6.16. The number of nitrogens with zero attached hydrogens (tertiary/aromatic N) is 1. The third kappa shape index (κ3) is 1.88. The molecular weight excluding hydrogens is 165 g/mol. The van der Waals surface area contributed by atoms with Crippen LogP contribution in [-0.4, -0.2) is 42.7 Å².